The number of nitrogens with zero attached hydrogens (tertiary/aromatic N) is 1. The summed E-state index contributed by atoms with van der Waals surface area (Å²) in [6.45, 7) is 2.62. The lowest BCUT2D eigenvalue weighted by Crippen LogP contribution is -2.26. The van der Waals surface area contributed by atoms with Crippen LogP contribution in [0.15, 0.2) is 53.4 Å². The maximum absolute atomic E-state index is 12.9. The summed E-state index contributed by atoms with van der Waals surface area (Å²) in [5.41, 5.74) is 2.25. The van der Waals surface area contributed by atoms with Gasteiger partial charge in [0.15, 0.2) is 0 Å². The van der Waals surface area contributed by atoms with Gasteiger partial charge in [-0.2, -0.15) is 0 Å². The van der Waals surface area contributed by atoms with Crippen LogP contribution < -0.4 is 4.31 Å². The molecule has 1 unspecified atom stereocenters. The Labute approximate surface area is 131 Å². The molecule has 2 aromatic rings. The lowest BCUT2D eigenvalue weighted by Gasteiger charge is -2.21. The van der Waals surface area contributed by atoms with Crippen LogP contribution in [0, 0.1) is 0 Å². The maximum atomic E-state index is 12.9. The van der Waals surface area contributed by atoms with E-state index in [-0.39, 0.29) is 6.10 Å². The van der Waals surface area contributed by atoms with Crippen molar-refractivity contribution in [2.75, 3.05) is 18.0 Å². The van der Waals surface area contributed by atoms with Gasteiger partial charge in [-0.3, -0.25) is 4.31 Å². The van der Waals surface area contributed by atoms with Gasteiger partial charge in [-0.25, -0.2) is 8.42 Å². The Kier molecular flexibility index (Phi) is 3.93. The molecule has 22 heavy (non-hydrogen) atoms. The van der Waals surface area contributed by atoms with E-state index in [0.717, 1.165) is 12.0 Å². The predicted molar refractivity (Wildman–Crippen MR) is 86.6 cm³/mol. The molecule has 1 aliphatic heterocycles. The van der Waals surface area contributed by atoms with Crippen LogP contribution in [0.5, 0.6) is 0 Å². The van der Waals surface area contributed by atoms with Crippen LogP contribution in [0.25, 0.3) is 0 Å². The molecule has 0 radical (unpaired) electrons. The van der Waals surface area contributed by atoms with E-state index in [1.165, 1.54) is 4.31 Å². The van der Waals surface area contributed by atoms with Gasteiger partial charge >= 0.3 is 0 Å². The Hall–Kier alpha value is -1.85. The van der Waals surface area contributed by atoms with Crippen molar-refractivity contribution in [2.45, 2.75) is 24.3 Å². The topological polar surface area (TPSA) is 46.6 Å². The molecule has 0 saturated heterocycles. The molecule has 0 aromatic heterocycles. The largest absolute Gasteiger partial charge is 0.369 e. The minimum atomic E-state index is -3.58. The van der Waals surface area contributed by atoms with Crippen LogP contribution in [-0.2, 0) is 14.8 Å². The second-order valence-corrected chi connectivity index (χ2v) is 7.26. The second-order valence-electron chi connectivity index (χ2n) is 5.32. The smallest absolute Gasteiger partial charge is 0.264 e. The lowest BCUT2D eigenvalue weighted by molar-refractivity contribution is 0.0795. The standard InChI is InChI=1S/C17H19NO3S/c1-3-12-21-17-13-8-4-6-10-15(13)18(2)22(19,20)16-11-7-5-9-14(16)17/h4-11,17H,3,12H2,1-2H3. The minimum Gasteiger partial charge on any atom is -0.369 e. The van der Waals surface area contributed by atoms with Gasteiger partial charge in [0.05, 0.1) is 10.6 Å². The highest BCUT2D eigenvalue weighted by molar-refractivity contribution is 7.92. The molecule has 0 aliphatic carbocycles. The summed E-state index contributed by atoms with van der Waals surface area (Å²) in [5.74, 6) is 0. The molecule has 5 heteroatoms. The fourth-order valence-corrected chi connectivity index (χ4v) is 4.23. The number of hydrogen-bond acceptors (Lipinski definition) is 3. The van der Waals surface area contributed by atoms with E-state index in [9.17, 15) is 8.42 Å². The summed E-state index contributed by atoms with van der Waals surface area (Å²) in [6, 6.07) is 14.6. The number of ether oxygens (including phenoxy) is 1. The molecule has 116 valence electrons. The Morgan fingerprint density at radius 3 is 2.41 bits per heavy atom. The van der Waals surface area contributed by atoms with Gasteiger partial charge in [0.1, 0.15) is 6.10 Å². The van der Waals surface area contributed by atoms with Crippen molar-refractivity contribution in [2.24, 2.45) is 0 Å². The Morgan fingerprint density at radius 1 is 1.05 bits per heavy atom. The highest BCUT2D eigenvalue weighted by Gasteiger charge is 2.34. The van der Waals surface area contributed by atoms with Crippen molar-refractivity contribution in [3.63, 3.8) is 0 Å². The van der Waals surface area contributed by atoms with Gasteiger partial charge in [-0.15, -0.1) is 0 Å². The fourth-order valence-electron chi connectivity index (χ4n) is 2.79. The first-order chi connectivity index (χ1) is 10.6. The second kappa shape index (κ2) is 5.74. The Morgan fingerprint density at radius 2 is 1.68 bits per heavy atom. The summed E-state index contributed by atoms with van der Waals surface area (Å²) < 4.78 is 33.1. The molecule has 2 aromatic carbocycles. The monoisotopic (exact) mass is 317 g/mol. The quantitative estimate of drug-likeness (QED) is 0.872. The van der Waals surface area contributed by atoms with Crippen molar-refractivity contribution < 1.29 is 13.2 Å². The average molecular weight is 317 g/mol. The molecular formula is C17H19NO3S. The third kappa shape index (κ3) is 2.30. The van der Waals surface area contributed by atoms with Crippen LogP contribution in [0.2, 0.25) is 0 Å². The first kappa shape index (κ1) is 15.1. The van der Waals surface area contributed by atoms with E-state index in [4.69, 9.17) is 4.74 Å². The van der Waals surface area contributed by atoms with Crippen LogP contribution >= 0.6 is 0 Å². The number of fused-ring (bicyclic) bond motifs is 2. The number of benzene rings is 2. The predicted octanol–water partition coefficient (Wildman–Crippen LogP) is 3.34. The Bertz CT molecular complexity index is 786. The van der Waals surface area contributed by atoms with Gasteiger partial charge in [0.2, 0.25) is 0 Å². The highest BCUT2D eigenvalue weighted by atomic mass is 32.2. The van der Waals surface area contributed by atoms with Gasteiger partial charge in [0, 0.05) is 24.8 Å². The molecule has 0 saturated carbocycles. The van der Waals surface area contributed by atoms with E-state index >= 15 is 0 Å². The van der Waals surface area contributed by atoms with Crippen molar-refractivity contribution in [1.82, 2.24) is 0 Å². The van der Waals surface area contributed by atoms with Crippen molar-refractivity contribution in [3.05, 3.63) is 59.7 Å². The van der Waals surface area contributed by atoms with Crippen molar-refractivity contribution in [3.8, 4) is 0 Å². The van der Waals surface area contributed by atoms with Gasteiger partial charge < -0.3 is 4.74 Å². The van der Waals surface area contributed by atoms with Gasteiger partial charge in [-0.1, -0.05) is 43.3 Å². The van der Waals surface area contributed by atoms with Gasteiger partial charge in [-0.05, 0) is 18.6 Å². The number of hydrogen-bond donors (Lipinski definition) is 0. The molecule has 0 N–H and O–H groups in total. The zero-order valence-corrected chi connectivity index (χ0v) is 13.5. The number of sulfonamides is 1. The van der Waals surface area contributed by atoms with E-state index in [2.05, 4.69) is 0 Å². The molecular weight excluding hydrogens is 298 g/mol. The normalized spacial score (nSPS) is 19.2. The highest BCUT2D eigenvalue weighted by Crippen LogP contribution is 2.41. The third-order valence-corrected chi connectivity index (χ3v) is 5.73. The third-order valence-electron chi connectivity index (χ3n) is 3.89. The summed E-state index contributed by atoms with van der Waals surface area (Å²) in [6.07, 6.45) is 0.510. The van der Waals surface area contributed by atoms with Crippen LogP contribution in [0.1, 0.15) is 30.6 Å². The molecule has 4 nitrogen and oxygen atoms in total. The lowest BCUT2D eigenvalue weighted by atomic mass is 9.99. The van der Waals surface area contributed by atoms with Gasteiger partial charge in [0.25, 0.3) is 10.0 Å². The van der Waals surface area contributed by atoms with Crippen molar-refractivity contribution >= 4 is 15.7 Å². The summed E-state index contributed by atoms with van der Waals surface area (Å²) >= 11 is 0. The summed E-state index contributed by atoms with van der Waals surface area (Å²) in [5, 5.41) is 0. The molecule has 3 rings (SSSR count). The zero-order chi connectivity index (χ0) is 15.7. The van der Waals surface area contributed by atoms with Crippen LogP contribution in [0.3, 0.4) is 0 Å². The summed E-state index contributed by atoms with van der Waals surface area (Å²) in [4.78, 5) is 0.315. The zero-order valence-electron chi connectivity index (χ0n) is 12.7. The average Bonchev–Trinajstić information content (AvgIpc) is 2.61. The number of anilines is 1. The molecule has 1 aliphatic rings. The number of rotatable bonds is 3. The molecule has 0 amide bonds. The van der Waals surface area contributed by atoms with E-state index in [0.29, 0.717) is 22.8 Å². The molecule has 0 spiro atoms. The van der Waals surface area contributed by atoms with E-state index < -0.39 is 10.0 Å². The maximum Gasteiger partial charge on any atom is 0.264 e. The summed E-state index contributed by atoms with van der Waals surface area (Å²) in [7, 11) is -1.98. The van der Waals surface area contributed by atoms with E-state index in [1.807, 2.05) is 43.3 Å². The van der Waals surface area contributed by atoms with Crippen molar-refractivity contribution in [1.29, 1.82) is 0 Å². The SMILES string of the molecule is CCCOC1c2ccccc2N(C)S(=O)(=O)c2ccccc21. The van der Waals surface area contributed by atoms with Crippen LogP contribution in [0.4, 0.5) is 5.69 Å². The molecule has 0 fully saturated rings. The number of para-hydroxylation sites is 1. The first-order valence-electron chi connectivity index (χ1n) is 7.35. The molecule has 1 heterocycles. The van der Waals surface area contributed by atoms with E-state index in [1.54, 1.807) is 19.2 Å². The fraction of sp³-hybridized carbons (Fsp3) is 0.294. The molecule has 0 bridgehead atoms. The first-order valence-corrected chi connectivity index (χ1v) is 8.79. The minimum absolute atomic E-state index is 0.315. The Balaban J connectivity index is 2.30. The molecule has 1 atom stereocenters. The van der Waals surface area contributed by atoms with Crippen LogP contribution in [-0.4, -0.2) is 22.1 Å².